The summed E-state index contributed by atoms with van der Waals surface area (Å²) in [7, 11) is 4.01. The molecule has 1 aromatic carbocycles. The maximum absolute atomic E-state index is 12.6. The molecule has 1 aromatic heterocycles. The Hall–Kier alpha value is -1.93. The van der Waals surface area contributed by atoms with Crippen LogP contribution in [0.5, 0.6) is 0 Å². The SMILES string of the molecule is CC(C)c1ccc(C(NC(=O)CSc2nnnn2CCN(C)C)C(C)C)cc1. The van der Waals surface area contributed by atoms with Gasteiger partial charge in [0, 0.05) is 6.54 Å². The summed E-state index contributed by atoms with van der Waals surface area (Å²) in [5.41, 5.74) is 2.44. The largest absolute Gasteiger partial charge is 0.348 e. The Morgan fingerprint density at radius 2 is 1.79 bits per heavy atom. The fourth-order valence-electron chi connectivity index (χ4n) is 2.80. The van der Waals surface area contributed by atoms with Crippen molar-refractivity contribution < 1.29 is 4.79 Å². The third-order valence-electron chi connectivity index (χ3n) is 4.54. The first-order valence-electron chi connectivity index (χ1n) is 9.70. The van der Waals surface area contributed by atoms with Crippen molar-refractivity contribution in [3.8, 4) is 0 Å². The topological polar surface area (TPSA) is 75.9 Å². The zero-order chi connectivity index (χ0) is 20.7. The standard InChI is InChI=1S/C20H32N6OS/c1-14(2)16-7-9-17(10-8-16)19(15(3)4)21-18(27)13-28-20-22-23-24-26(20)12-11-25(5)6/h7-10,14-15,19H,11-13H2,1-6H3,(H,21,27). The van der Waals surface area contributed by atoms with Crippen molar-refractivity contribution in [2.24, 2.45) is 5.92 Å². The molecule has 0 fully saturated rings. The number of likely N-dealkylation sites (N-methyl/N-ethyl adjacent to an activating group) is 1. The number of amides is 1. The molecular weight excluding hydrogens is 372 g/mol. The maximum Gasteiger partial charge on any atom is 0.230 e. The van der Waals surface area contributed by atoms with Crippen LogP contribution in [0.3, 0.4) is 0 Å². The minimum Gasteiger partial charge on any atom is -0.348 e. The van der Waals surface area contributed by atoms with E-state index in [-0.39, 0.29) is 17.7 Å². The van der Waals surface area contributed by atoms with Crippen LogP contribution in [0.25, 0.3) is 0 Å². The lowest BCUT2D eigenvalue weighted by molar-refractivity contribution is -0.119. The molecule has 0 aliphatic carbocycles. The van der Waals surface area contributed by atoms with Crippen molar-refractivity contribution in [2.45, 2.75) is 51.4 Å². The Balaban J connectivity index is 1.95. The van der Waals surface area contributed by atoms with Crippen LogP contribution in [-0.2, 0) is 11.3 Å². The van der Waals surface area contributed by atoms with Gasteiger partial charge in [0.05, 0.1) is 18.3 Å². The van der Waals surface area contributed by atoms with E-state index in [4.69, 9.17) is 0 Å². The highest BCUT2D eigenvalue weighted by molar-refractivity contribution is 7.99. The van der Waals surface area contributed by atoms with E-state index in [1.54, 1.807) is 4.68 Å². The first-order valence-corrected chi connectivity index (χ1v) is 10.7. The van der Waals surface area contributed by atoms with Crippen LogP contribution >= 0.6 is 11.8 Å². The lowest BCUT2D eigenvalue weighted by Crippen LogP contribution is -2.33. The van der Waals surface area contributed by atoms with Crippen LogP contribution in [0.4, 0.5) is 0 Å². The highest BCUT2D eigenvalue weighted by Crippen LogP contribution is 2.24. The van der Waals surface area contributed by atoms with Crippen LogP contribution in [-0.4, -0.2) is 57.4 Å². The number of nitrogens with one attached hydrogen (secondary N) is 1. The van der Waals surface area contributed by atoms with E-state index in [0.29, 0.717) is 23.5 Å². The number of nitrogens with zero attached hydrogens (tertiary/aromatic N) is 5. The van der Waals surface area contributed by atoms with Gasteiger partial charge in [-0.2, -0.15) is 0 Å². The predicted octanol–water partition coefficient (Wildman–Crippen LogP) is 2.96. The van der Waals surface area contributed by atoms with Gasteiger partial charge in [0.15, 0.2) is 0 Å². The molecule has 1 unspecified atom stereocenters. The van der Waals surface area contributed by atoms with Gasteiger partial charge in [0.2, 0.25) is 11.1 Å². The van der Waals surface area contributed by atoms with Gasteiger partial charge in [0.1, 0.15) is 0 Å². The average Bonchev–Trinajstić information content (AvgIpc) is 3.10. The number of benzene rings is 1. The van der Waals surface area contributed by atoms with Crippen molar-refractivity contribution in [3.63, 3.8) is 0 Å². The Kier molecular flexibility index (Phi) is 8.44. The summed E-state index contributed by atoms with van der Waals surface area (Å²) in [6.45, 7) is 10.1. The highest BCUT2D eigenvalue weighted by Gasteiger charge is 2.19. The molecular formula is C20H32N6OS. The quantitative estimate of drug-likeness (QED) is 0.614. The molecule has 2 rings (SSSR count). The van der Waals surface area contributed by atoms with Crippen LogP contribution < -0.4 is 5.32 Å². The molecule has 1 N–H and O–H groups in total. The number of tetrazole rings is 1. The lowest BCUT2D eigenvalue weighted by Gasteiger charge is -2.23. The molecule has 154 valence electrons. The van der Waals surface area contributed by atoms with Crippen molar-refractivity contribution in [2.75, 3.05) is 26.4 Å². The minimum absolute atomic E-state index is 0.0148. The van der Waals surface area contributed by atoms with Crippen LogP contribution in [0.2, 0.25) is 0 Å². The molecule has 1 heterocycles. The summed E-state index contributed by atoms with van der Waals surface area (Å²) in [5, 5.41) is 15.6. The van der Waals surface area contributed by atoms with Gasteiger partial charge in [-0.05, 0) is 47.5 Å². The van der Waals surface area contributed by atoms with E-state index >= 15 is 0 Å². The van der Waals surface area contributed by atoms with E-state index < -0.39 is 0 Å². The first kappa shape index (κ1) is 22.4. The Labute approximate surface area is 172 Å². The summed E-state index contributed by atoms with van der Waals surface area (Å²) in [4.78, 5) is 14.6. The highest BCUT2D eigenvalue weighted by atomic mass is 32.2. The van der Waals surface area contributed by atoms with Gasteiger partial charge in [-0.1, -0.05) is 63.7 Å². The fraction of sp³-hybridized carbons (Fsp3) is 0.600. The molecule has 1 amide bonds. The molecule has 0 aliphatic heterocycles. The Morgan fingerprint density at radius 1 is 1.14 bits per heavy atom. The number of carbonyl (C=O) groups excluding carboxylic acids is 1. The molecule has 2 aromatic rings. The van der Waals surface area contributed by atoms with Gasteiger partial charge >= 0.3 is 0 Å². The molecule has 7 nitrogen and oxygen atoms in total. The minimum atomic E-state index is -0.0150. The molecule has 28 heavy (non-hydrogen) atoms. The predicted molar refractivity (Wildman–Crippen MR) is 113 cm³/mol. The Morgan fingerprint density at radius 3 is 2.36 bits per heavy atom. The monoisotopic (exact) mass is 404 g/mol. The summed E-state index contributed by atoms with van der Waals surface area (Å²) in [6, 6.07) is 8.52. The second-order valence-electron chi connectivity index (χ2n) is 7.89. The van der Waals surface area contributed by atoms with E-state index in [1.165, 1.54) is 17.3 Å². The zero-order valence-corrected chi connectivity index (χ0v) is 18.5. The number of hydrogen-bond donors (Lipinski definition) is 1. The van der Waals surface area contributed by atoms with Crippen LogP contribution in [0.15, 0.2) is 29.4 Å². The van der Waals surface area contributed by atoms with Crippen molar-refractivity contribution in [1.29, 1.82) is 0 Å². The number of aromatic nitrogens is 4. The Bertz CT molecular complexity index is 741. The number of rotatable bonds is 10. The first-order chi connectivity index (χ1) is 13.3. The molecule has 0 saturated heterocycles. The number of carbonyl (C=O) groups is 1. The molecule has 0 spiro atoms. The third-order valence-corrected chi connectivity index (χ3v) is 5.49. The van der Waals surface area contributed by atoms with Gasteiger partial charge in [0.25, 0.3) is 0 Å². The van der Waals surface area contributed by atoms with Crippen LogP contribution in [0.1, 0.15) is 50.8 Å². The van der Waals surface area contributed by atoms with Crippen molar-refractivity contribution >= 4 is 17.7 Å². The van der Waals surface area contributed by atoms with Gasteiger partial charge in [-0.3, -0.25) is 4.79 Å². The molecule has 0 aliphatic rings. The average molecular weight is 405 g/mol. The van der Waals surface area contributed by atoms with E-state index in [0.717, 1.165) is 12.1 Å². The molecule has 0 saturated carbocycles. The third kappa shape index (κ3) is 6.60. The van der Waals surface area contributed by atoms with Gasteiger partial charge in [-0.25, -0.2) is 4.68 Å². The second kappa shape index (κ2) is 10.6. The second-order valence-corrected chi connectivity index (χ2v) is 8.83. The van der Waals surface area contributed by atoms with E-state index in [2.05, 4.69) is 77.7 Å². The summed E-state index contributed by atoms with van der Waals surface area (Å²) >= 11 is 1.37. The van der Waals surface area contributed by atoms with Crippen LogP contribution in [0, 0.1) is 5.92 Å². The summed E-state index contributed by atoms with van der Waals surface area (Å²) in [5.74, 6) is 1.06. The van der Waals surface area contributed by atoms with Gasteiger partial charge < -0.3 is 10.2 Å². The van der Waals surface area contributed by atoms with Crippen molar-refractivity contribution in [3.05, 3.63) is 35.4 Å². The fourth-order valence-corrected chi connectivity index (χ4v) is 3.52. The normalized spacial score (nSPS) is 12.8. The number of hydrogen-bond acceptors (Lipinski definition) is 6. The molecule has 8 heteroatoms. The lowest BCUT2D eigenvalue weighted by atomic mass is 9.93. The molecule has 0 bridgehead atoms. The summed E-state index contributed by atoms with van der Waals surface area (Å²) < 4.78 is 1.74. The summed E-state index contributed by atoms with van der Waals surface area (Å²) in [6.07, 6.45) is 0. The zero-order valence-electron chi connectivity index (χ0n) is 17.7. The van der Waals surface area contributed by atoms with Gasteiger partial charge in [-0.15, -0.1) is 5.10 Å². The van der Waals surface area contributed by atoms with Crippen molar-refractivity contribution in [1.82, 2.24) is 30.4 Å². The maximum atomic E-state index is 12.6. The smallest absolute Gasteiger partial charge is 0.230 e. The molecule has 1 atom stereocenters. The molecule has 0 radical (unpaired) electrons. The number of thioether (sulfide) groups is 1. The van der Waals surface area contributed by atoms with E-state index in [9.17, 15) is 4.79 Å². The van der Waals surface area contributed by atoms with E-state index in [1.807, 2.05) is 14.1 Å².